The second-order valence-electron chi connectivity index (χ2n) is 6.37. The maximum absolute atomic E-state index is 12.3. The molecule has 2 aromatic heterocycles. The Kier molecular flexibility index (Phi) is 5.25. The molecule has 1 atom stereocenters. The Balaban J connectivity index is 1.51. The monoisotopic (exact) mass is 349 g/mol. The van der Waals surface area contributed by atoms with Crippen molar-refractivity contribution in [2.75, 3.05) is 19.6 Å². The molecule has 1 N–H and O–H groups in total. The molecule has 2 aromatic rings. The minimum Gasteiger partial charge on any atom is -0.361 e. The molecule has 0 aromatic carbocycles. The first-order chi connectivity index (χ1) is 11.5. The molecule has 7 nitrogen and oxygen atoms in total. The molecule has 1 unspecified atom stereocenters. The summed E-state index contributed by atoms with van der Waals surface area (Å²) in [6.07, 6.45) is 2.27. The maximum atomic E-state index is 12.3. The molecule has 1 fully saturated rings. The second-order valence-corrected chi connectivity index (χ2v) is 7.63. The molecule has 1 amide bonds. The van der Waals surface area contributed by atoms with Crippen molar-refractivity contribution >= 4 is 17.2 Å². The molecule has 1 saturated heterocycles. The topological polar surface area (TPSA) is 84.2 Å². The number of aryl methyl sites for hydroxylation is 3. The third-order valence-electron chi connectivity index (χ3n) is 4.34. The van der Waals surface area contributed by atoms with Crippen LogP contribution in [-0.2, 0) is 6.54 Å². The molecule has 8 heteroatoms. The average Bonchev–Trinajstić information content (AvgIpc) is 3.11. The fourth-order valence-corrected chi connectivity index (χ4v) is 3.94. The van der Waals surface area contributed by atoms with E-state index in [1.54, 1.807) is 25.2 Å². The molecule has 3 heterocycles. The Hall–Kier alpha value is -1.80. The number of hydrogen-bond donors (Lipinski definition) is 1. The van der Waals surface area contributed by atoms with E-state index in [2.05, 4.69) is 25.6 Å². The highest BCUT2D eigenvalue weighted by molar-refractivity contribution is 7.11. The first kappa shape index (κ1) is 17.0. The summed E-state index contributed by atoms with van der Waals surface area (Å²) < 4.78 is 5.06. The minimum absolute atomic E-state index is 0.0943. The van der Waals surface area contributed by atoms with Crippen LogP contribution in [0.2, 0.25) is 0 Å². The summed E-state index contributed by atoms with van der Waals surface area (Å²) in [4.78, 5) is 14.7. The van der Waals surface area contributed by atoms with Gasteiger partial charge in [-0.3, -0.25) is 9.69 Å². The third-order valence-corrected chi connectivity index (χ3v) is 5.17. The van der Waals surface area contributed by atoms with E-state index in [1.807, 2.05) is 6.92 Å². The van der Waals surface area contributed by atoms with Gasteiger partial charge < -0.3 is 9.84 Å². The summed E-state index contributed by atoms with van der Waals surface area (Å²) in [5.74, 6) is 0.933. The van der Waals surface area contributed by atoms with Crippen LogP contribution in [-0.4, -0.2) is 45.8 Å². The Labute approximate surface area is 145 Å². The number of rotatable bonds is 5. The Morgan fingerprint density at radius 2 is 2.21 bits per heavy atom. The predicted molar refractivity (Wildman–Crippen MR) is 91.0 cm³/mol. The van der Waals surface area contributed by atoms with Crippen molar-refractivity contribution in [1.29, 1.82) is 0 Å². The van der Waals surface area contributed by atoms with Gasteiger partial charge in [0.2, 0.25) is 0 Å². The van der Waals surface area contributed by atoms with E-state index >= 15 is 0 Å². The molecule has 0 bridgehead atoms. The lowest BCUT2D eigenvalue weighted by atomic mass is 9.98. The van der Waals surface area contributed by atoms with Crippen molar-refractivity contribution in [2.45, 2.75) is 40.2 Å². The van der Waals surface area contributed by atoms with E-state index in [0.29, 0.717) is 29.5 Å². The quantitative estimate of drug-likeness (QED) is 0.890. The van der Waals surface area contributed by atoms with Crippen LogP contribution in [0.25, 0.3) is 0 Å². The lowest BCUT2D eigenvalue weighted by Gasteiger charge is -2.32. The van der Waals surface area contributed by atoms with E-state index in [0.717, 1.165) is 42.5 Å². The molecule has 24 heavy (non-hydrogen) atoms. The number of nitrogens with zero attached hydrogens (tertiary/aromatic N) is 4. The van der Waals surface area contributed by atoms with Crippen LogP contribution in [0, 0.1) is 26.7 Å². The van der Waals surface area contributed by atoms with E-state index in [1.165, 1.54) is 0 Å². The van der Waals surface area contributed by atoms with Gasteiger partial charge in [0, 0.05) is 13.1 Å². The summed E-state index contributed by atoms with van der Waals surface area (Å²) in [6.45, 7) is 9.10. The van der Waals surface area contributed by atoms with Crippen molar-refractivity contribution in [2.24, 2.45) is 5.92 Å². The van der Waals surface area contributed by atoms with Crippen LogP contribution in [0.5, 0.6) is 0 Å². The molecule has 1 aliphatic rings. The zero-order valence-corrected chi connectivity index (χ0v) is 15.2. The maximum Gasteiger partial charge on any atom is 0.256 e. The van der Waals surface area contributed by atoms with Gasteiger partial charge in [-0.2, -0.15) is 0 Å². The fourth-order valence-electron chi connectivity index (χ4n) is 3.19. The van der Waals surface area contributed by atoms with E-state index in [-0.39, 0.29) is 5.91 Å². The highest BCUT2D eigenvalue weighted by Gasteiger charge is 2.23. The van der Waals surface area contributed by atoms with Crippen LogP contribution in [0.15, 0.2) is 4.52 Å². The van der Waals surface area contributed by atoms with Crippen molar-refractivity contribution < 1.29 is 9.32 Å². The van der Waals surface area contributed by atoms with Crippen molar-refractivity contribution in [1.82, 2.24) is 25.6 Å². The fraction of sp³-hybridized carbons (Fsp3) is 0.625. The molecule has 3 rings (SSSR count). The molecule has 0 radical (unpaired) electrons. The highest BCUT2D eigenvalue weighted by atomic mass is 32.1. The number of likely N-dealkylation sites (tertiary alicyclic amines) is 1. The molecule has 0 spiro atoms. The number of hydrogen-bond acceptors (Lipinski definition) is 7. The standard InChI is InChI=1S/C16H23N5O2S/c1-10-15(11(2)23-20-10)16(22)17-7-13-5-4-6-21(8-13)9-14-19-18-12(3)24-14/h13H,4-9H2,1-3H3,(H,17,22). The lowest BCUT2D eigenvalue weighted by Crippen LogP contribution is -2.40. The summed E-state index contributed by atoms with van der Waals surface area (Å²) >= 11 is 1.65. The SMILES string of the molecule is Cc1nnc(CN2CCCC(CNC(=O)c3c(C)noc3C)C2)s1. The van der Waals surface area contributed by atoms with Gasteiger partial charge in [0.1, 0.15) is 21.3 Å². The number of nitrogens with one attached hydrogen (secondary N) is 1. The first-order valence-electron chi connectivity index (χ1n) is 8.25. The summed E-state index contributed by atoms with van der Waals surface area (Å²) in [5.41, 5.74) is 1.20. The Bertz CT molecular complexity index is 692. The molecule has 1 aliphatic heterocycles. The minimum atomic E-state index is -0.0943. The lowest BCUT2D eigenvalue weighted by molar-refractivity contribution is 0.0928. The van der Waals surface area contributed by atoms with Gasteiger partial charge in [-0.05, 0) is 46.1 Å². The Morgan fingerprint density at radius 3 is 2.88 bits per heavy atom. The Morgan fingerprint density at radius 1 is 1.38 bits per heavy atom. The second kappa shape index (κ2) is 7.40. The van der Waals surface area contributed by atoms with Crippen LogP contribution < -0.4 is 5.32 Å². The first-order valence-corrected chi connectivity index (χ1v) is 9.07. The summed E-state index contributed by atoms with van der Waals surface area (Å²) in [5, 5.41) is 17.2. The smallest absolute Gasteiger partial charge is 0.256 e. The van der Waals surface area contributed by atoms with E-state index in [9.17, 15) is 4.79 Å². The highest BCUT2D eigenvalue weighted by Crippen LogP contribution is 2.20. The zero-order chi connectivity index (χ0) is 17.1. The molecule has 0 saturated carbocycles. The summed E-state index contributed by atoms with van der Waals surface area (Å²) in [6, 6.07) is 0. The average molecular weight is 349 g/mol. The van der Waals surface area contributed by atoms with Crippen LogP contribution in [0.3, 0.4) is 0 Å². The van der Waals surface area contributed by atoms with Gasteiger partial charge >= 0.3 is 0 Å². The van der Waals surface area contributed by atoms with Gasteiger partial charge in [0.05, 0.1) is 12.2 Å². The van der Waals surface area contributed by atoms with Gasteiger partial charge in [0.25, 0.3) is 5.91 Å². The normalized spacial score (nSPS) is 18.7. The largest absolute Gasteiger partial charge is 0.361 e. The molecule has 130 valence electrons. The van der Waals surface area contributed by atoms with Gasteiger partial charge in [-0.1, -0.05) is 5.16 Å². The van der Waals surface area contributed by atoms with Crippen molar-refractivity contribution in [3.63, 3.8) is 0 Å². The zero-order valence-electron chi connectivity index (χ0n) is 14.3. The van der Waals surface area contributed by atoms with Crippen LogP contribution in [0.1, 0.15) is 44.7 Å². The number of carbonyl (C=O) groups excluding carboxylic acids is 1. The molecule has 0 aliphatic carbocycles. The van der Waals surface area contributed by atoms with Crippen LogP contribution >= 0.6 is 11.3 Å². The third kappa shape index (κ3) is 3.99. The number of carbonyl (C=O) groups is 1. The van der Waals surface area contributed by atoms with E-state index < -0.39 is 0 Å². The van der Waals surface area contributed by atoms with Gasteiger partial charge in [-0.25, -0.2) is 0 Å². The number of aromatic nitrogens is 3. The number of piperidine rings is 1. The number of amides is 1. The molecular weight excluding hydrogens is 326 g/mol. The predicted octanol–water partition coefficient (Wildman–Crippen LogP) is 2.09. The van der Waals surface area contributed by atoms with Gasteiger partial charge in [0.15, 0.2) is 0 Å². The summed E-state index contributed by atoms with van der Waals surface area (Å²) in [7, 11) is 0. The van der Waals surface area contributed by atoms with Crippen molar-refractivity contribution in [3.05, 3.63) is 27.0 Å². The van der Waals surface area contributed by atoms with E-state index in [4.69, 9.17) is 4.52 Å². The van der Waals surface area contributed by atoms with Gasteiger partial charge in [-0.15, -0.1) is 21.5 Å². The van der Waals surface area contributed by atoms with Crippen molar-refractivity contribution in [3.8, 4) is 0 Å². The molecular formula is C16H23N5O2S. The van der Waals surface area contributed by atoms with Crippen LogP contribution in [0.4, 0.5) is 0 Å².